The van der Waals surface area contributed by atoms with Gasteiger partial charge in [-0.2, -0.15) is 11.8 Å². The Morgan fingerprint density at radius 2 is 1.62 bits per heavy atom. The van der Waals surface area contributed by atoms with Crippen LogP contribution in [0.25, 0.3) is 0 Å². The molecule has 3 rings (SSSR count). The van der Waals surface area contributed by atoms with Crippen molar-refractivity contribution in [1.82, 2.24) is 10.2 Å². The molecule has 7 nitrogen and oxygen atoms in total. The molecular formula is C29H38N2O5S. The van der Waals surface area contributed by atoms with E-state index in [2.05, 4.69) is 5.32 Å². The van der Waals surface area contributed by atoms with E-state index >= 15 is 0 Å². The molecule has 0 bridgehead atoms. The zero-order valence-electron chi connectivity index (χ0n) is 22.1. The summed E-state index contributed by atoms with van der Waals surface area (Å²) < 4.78 is 5.41. The van der Waals surface area contributed by atoms with Crippen molar-refractivity contribution in [2.24, 2.45) is 0 Å². The van der Waals surface area contributed by atoms with E-state index in [1.807, 2.05) is 66.9 Å². The first-order valence-electron chi connectivity index (χ1n) is 12.7. The second-order valence-corrected chi connectivity index (χ2v) is 11.4. The van der Waals surface area contributed by atoms with Crippen molar-refractivity contribution in [3.05, 3.63) is 71.8 Å². The molecule has 200 valence electrons. The van der Waals surface area contributed by atoms with Gasteiger partial charge < -0.3 is 20.1 Å². The number of carboxylic acids is 1. The SMILES string of the molecule is CSCC[C@H](NC(=O)OC(C)(C)C)C(=O)N1CCCC1CC(C(=O)O)(c1ccccc1)c1ccccc1. The Kier molecular flexibility index (Phi) is 9.65. The standard InChI is InChI=1S/C29H38N2O5S/c1-28(2,3)36-27(35)30-24(17-19-37-4)25(32)31-18-11-16-23(31)20-29(26(33)34,21-12-7-5-8-13-21)22-14-9-6-10-15-22/h5-10,12-15,23-24H,11,16-20H2,1-4H3,(H,30,35)(H,33,34)/t23?,24-/m0/s1. The Balaban J connectivity index is 1.93. The molecule has 1 aliphatic rings. The molecule has 2 aromatic carbocycles. The summed E-state index contributed by atoms with van der Waals surface area (Å²) in [6.45, 7) is 5.86. The maximum atomic E-state index is 13.8. The first-order chi connectivity index (χ1) is 17.6. The second kappa shape index (κ2) is 12.5. The van der Waals surface area contributed by atoms with Crippen LogP contribution in [-0.4, -0.2) is 64.2 Å². The number of carboxylic acid groups (broad SMARTS) is 1. The Hall–Kier alpha value is -3.00. The van der Waals surface area contributed by atoms with Gasteiger partial charge in [0.25, 0.3) is 0 Å². The highest BCUT2D eigenvalue weighted by molar-refractivity contribution is 7.98. The number of carbonyl (C=O) groups excluding carboxylic acids is 2. The lowest BCUT2D eigenvalue weighted by Gasteiger charge is -2.37. The van der Waals surface area contributed by atoms with Crippen LogP contribution in [0, 0.1) is 0 Å². The molecule has 1 fully saturated rings. The third-order valence-corrected chi connectivity index (χ3v) is 7.34. The highest BCUT2D eigenvalue weighted by atomic mass is 32.2. The van der Waals surface area contributed by atoms with Crippen LogP contribution in [0.1, 0.15) is 57.6 Å². The number of thioether (sulfide) groups is 1. The fraction of sp³-hybridized carbons (Fsp3) is 0.483. The van der Waals surface area contributed by atoms with E-state index in [1.54, 1.807) is 37.4 Å². The number of rotatable bonds is 10. The fourth-order valence-corrected chi connectivity index (χ4v) is 5.49. The fourth-order valence-electron chi connectivity index (χ4n) is 5.02. The van der Waals surface area contributed by atoms with E-state index in [1.165, 1.54) is 0 Å². The summed E-state index contributed by atoms with van der Waals surface area (Å²) in [5.74, 6) is -0.449. The lowest BCUT2D eigenvalue weighted by molar-refractivity contribution is -0.144. The summed E-state index contributed by atoms with van der Waals surface area (Å²) in [6, 6.07) is 17.4. The van der Waals surface area contributed by atoms with E-state index in [4.69, 9.17) is 4.74 Å². The molecule has 8 heteroatoms. The summed E-state index contributed by atoms with van der Waals surface area (Å²) in [6.07, 6.45) is 3.50. The summed E-state index contributed by atoms with van der Waals surface area (Å²) in [4.78, 5) is 41.2. The molecule has 1 saturated heterocycles. The van der Waals surface area contributed by atoms with E-state index in [0.29, 0.717) is 36.3 Å². The number of ether oxygens (including phenoxy) is 1. The third-order valence-electron chi connectivity index (χ3n) is 6.70. The summed E-state index contributed by atoms with van der Waals surface area (Å²) in [5.41, 5.74) is -0.638. The Morgan fingerprint density at radius 3 is 2.11 bits per heavy atom. The molecule has 1 aliphatic heterocycles. The smallest absolute Gasteiger partial charge is 0.408 e. The van der Waals surface area contributed by atoms with Crippen molar-refractivity contribution in [3.63, 3.8) is 0 Å². The number of aliphatic carboxylic acids is 1. The number of benzene rings is 2. The van der Waals surface area contributed by atoms with Crippen molar-refractivity contribution in [2.45, 2.75) is 69.6 Å². The molecular weight excluding hydrogens is 488 g/mol. The molecule has 0 saturated carbocycles. The van der Waals surface area contributed by atoms with E-state index in [9.17, 15) is 19.5 Å². The molecule has 2 atom stereocenters. The molecule has 1 unspecified atom stereocenters. The normalized spacial score (nSPS) is 16.8. The zero-order chi connectivity index (χ0) is 27.1. The number of nitrogens with zero attached hydrogens (tertiary/aromatic N) is 1. The van der Waals surface area contributed by atoms with Gasteiger partial charge in [-0.05, 0) is 69.6 Å². The summed E-state index contributed by atoms with van der Waals surface area (Å²) in [5, 5.41) is 13.5. The van der Waals surface area contributed by atoms with Crippen molar-refractivity contribution >= 4 is 29.7 Å². The summed E-state index contributed by atoms with van der Waals surface area (Å²) in [7, 11) is 0. The number of hydrogen-bond acceptors (Lipinski definition) is 5. The molecule has 37 heavy (non-hydrogen) atoms. The Bertz CT molecular complexity index is 1020. The average molecular weight is 527 g/mol. The van der Waals surface area contributed by atoms with Gasteiger partial charge >= 0.3 is 12.1 Å². The van der Waals surface area contributed by atoms with Gasteiger partial charge in [-0.25, -0.2) is 4.79 Å². The van der Waals surface area contributed by atoms with E-state index in [-0.39, 0.29) is 18.4 Å². The first kappa shape index (κ1) is 28.6. The van der Waals surface area contributed by atoms with Crippen molar-refractivity contribution in [1.29, 1.82) is 0 Å². The second-order valence-electron chi connectivity index (χ2n) is 10.5. The molecule has 0 aliphatic carbocycles. The van der Waals surface area contributed by atoms with Gasteiger partial charge in [0.1, 0.15) is 17.1 Å². The van der Waals surface area contributed by atoms with Crippen LogP contribution in [0.15, 0.2) is 60.7 Å². The Labute approximate surface area is 224 Å². The minimum atomic E-state index is -1.32. The van der Waals surface area contributed by atoms with Crippen molar-refractivity contribution < 1.29 is 24.2 Å². The molecule has 0 radical (unpaired) electrons. The van der Waals surface area contributed by atoms with Gasteiger partial charge in [-0.3, -0.25) is 9.59 Å². The number of nitrogens with one attached hydrogen (secondary N) is 1. The van der Waals surface area contributed by atoms with Gasteiger partial charge in [0.2, 0.25) is 5.91 Å². The monoisotopic (exact) mass is 526 g/mol. The van der Waals surface area contributed by atoms with E-state index < -0.39 is 29.1 Å². The minimum Gasteiger partial charge on any atom is -0.480 e. The molecule has 0 spiro atoms. The topological polar surface area (TPSA) is 95.9 Å². The van der Waals surface area contributed by atoms with Gasteiger partial charge in [-0.1, -0.05) is 60.7 Å². The number of amides is 2. The van der Waals surface area contributed by atoms with Gasteiger partial charge in [-0.15, -0.1) is 0 Å². The molecule has 2 amide bonds. The Morgan fingerprint density at radius 1 is 1.05 bits per heavy atom. The highest BCUT2D eigenvalue weighted by Gasteiger charge is 2.47. The number of hydrogen-bond donors (Lipinski definition) is 2. The van der Waals surface area contributed by atoms with Crippen molar-refractivity contribution in [3.8, 4) is 0 Å². The quantitative estimate of drug-likeness (QED) is 0.448. The van der Waals surface area contributed by atoms with Gasteiger partial charge in [0.15, 0.2) is 0 Å². The number of carbonyl (C=O) groups is 3. The van der Waals surface area contributed by atoms with Crippen LogP contribution in [-0.2, 0) is 19.7 Å². The van der Waals surface area contributed by atoms with Gasteiger partial charge in [0.05, 0.1) is 0 Å². The predicted octanol–water partition coefficient (Wildman–Crippen LogP) is 5.08. The molecule has 1 heterocycles. The van der Waals surface area contributed by atoms with Crippen LogP contribution in [0.5, 0.6) is 0 Å². The van der Waals surface area contributed by atoms with Gasteiger partial charge in [0, 0.05) is 12.6 Å². The lowest BCUT2D eigenvalue weighted by Crippen LogP contribution is -2.53. The minimum absolute atomic E-state index is 0.192. The molecule has 2 N–H and O–H groups in total. The summed E-state index contributed by atoms with van der Waals surface area (Å²) >= 11 is 1.60. The number of likely N-dealkylation sites (tertiary alicyclic amines) is 1. The van der Waals surface area contributed by atoms with Crippen LogP contribution in [0.2, 0.25) is 0 Å². The first-order valence-corrected chi connectivity index (χ1v) is 14.1. The highest BCUT2D eigenvalue weighted by Crippen LogP contribution is 2.40. The largest absolute Gasteiger partial charge is 0.480 e. The predicted molar refractivity (Wildman–Crippen MR) is 147 cm³/mol. The molecule has 2 aromatic rings. The third kappa shape index (κ3) is 7.06. The average Bonchev–Trinajstić information content (AvgIpc) is 3.32. The zero-order valence-corrected chi connectivity index (χ0v) is 22.9. The van der Waals surface area contributed by atoms with Crippen molar-refractivity contribution in [2.75, 3.05) is 18.6 Å². The molecule has 0 aromatic heterocycles. The van der Waals surface area contributed by atoms with Crippen LogP contribution in [0.3, 0.4) is 0 Å². The number of alkyl carbamates (subject to hydrolysis) is 1. The van der Waals surface area contributed by atoms with Crippen LogP contribution in [0.4, 0.5) is 4.79 Å². The lowest BCUT2D eigenvalue weighted by atomic mass is 9.70. The maximum Gasteiger partial charge on any atom is 0.408 e. The van der Waals surface area contributed by atoms with E-state index in [0.717, 1.165) is 6.42 Å². The maximum absolute atomic E-state index is 13.8. The van der Waals surface area contributed by atoms with Crippen LogP contribution < -0.4 is 5.32 Å². The van der Waals surface area contributed by atoms with Crippen LogP contribution >= 0.6 is 11.8 Å².